The number of nitrogens with one attached hydrogen (secondary N) is 2. The molecule has 0 unspecified atom stereocenters. The summed E-state index contributed by atoms with van der Waals surface area (Å²) in [5.74, 6) is -0.234. The summed E-state index contributed by atoms with van der Waals surface area (Å²) in [7, 11) is -2.21. The molecular weight excluding hydrogens is 454 g/mol. The van der Waals surface area contributed by atoms with Gasteiger partial charge in [0.1, 0.15) is 0 Å². The van der Waals surface area contributed by atoms with E-state index < -0.39 is 10.0 Å². The van der Waals surface area contributed by atoms with Crippen LogP contribution in [0.5, 0.6) is 0 Å². The Morgan fingerprint density at radius 1 is 0.931 bits per heavy atom. The van der Waals surface area contributed by atoms with Crippen LogP contribution >= 0.6 is 15.9 Å². The average Bonchev–Trinajstić information content (AvgIpc) is 2.74. The van der Waals surface area contributed by atoms with E-state index in [4.69, 9.17) is 0 Å². The van der Waals surface area contributed by atoms with Crippen molar-refractivity contribution in [2.75, 3.05) is 28.5 Å². The summed E-state index contributed by atoms with van der Waals surface area (Å²) in [5, 5.41) is 5.74. The van der Waals surface area contributed by atoms with Crippen LogP contribution in [0, 0.1) is 0 Å². The molecule has 0 aliphatic heterocycles. The van der Waals surface area contributed by atoms with Crippen LogP contribution in [0.2, 0.25) is 0 Å². The molecule has 0 aliphatic carbocycles. The number of carbonyl (C=O) groups is 1. The van der Waals surface area contributed by atoms with Gasteiger partial charge in [-0.2, -0.15) is 0 Å². The summed E-state index contributed by atoms with van der Waals surface area (Å²) in [6.07, 6.45) is 0. The summed E-state index contributed by atoms with van der Waals surface area (Å²) in [5.41, 5.74) is 1.79. The van der Waals surface area contributed by atoms with Crippen molar-refractivity contribution >= 4 is 48.9 Å². The van der Waals surface area contributed by atoms with E-state index in [0.29, 0.717) is 17.1 Å². The van der Waals surface area contributed by atoms with Crippen molar-refractivity contribution in [1.29, 1.82) is 0 Å². The molecule has 29 heavy (non-hydrogen) atoms. The molecule has 0 aromatic heterocycles. The van der Waals surface area contributed by atoms with Crippen molar-refractivity contribution in [3.63, 3.8) is 0 Å². The largest absolute Gasteiger partial charge is 0.376 e. The second kappa shape index (κ2) is 9.11. The van der Waals surface area contributed by atoms with Gasteiger partial charge in [0.15, 0.2) is 0 Å². The van der Waals surface area contributed by atoms with E-state index in [1.165, 1.54) is 23.5 Å². The van der Waals surface area contributed by atoms with Crippen LogP contribution in [-0.4, -0.2) is 27.9 Å². The molecule has 1 amide bonds. The predicted molar refractivity (Wildman–Crippen MR) is 120 cm³/mol. The summed E-state index contributed by atoms with van der Waals surface area (Å²) in [4.78, 5) is 12.3. The minimum atomic E-state index is -3.72. The van der Waals surface area contributed by atoms with Crippen LogP contribution in [-0.2, 0) is 14.8 Å². The lowest BCUT2D eigenvalue weighted by Crippen LogP contribution is -2.26. The molecule has 3 aromatic rings. The molecule has 3 aromatic carbocycles. The molecule has 8 heteroatoms. The maximum atomic E-state index is 12.9. The first-order valence-corrected chi connectivity index (χ1v) is 11.0. The quantitative estimate of drug-likeness (QED) is 0.535. The fourth-order valence-electron chi connectivity index (χ4n) is 2.62. The minimum absolute atomic E-state index is 0.00803. The first-order chi connectivity index (χ1) is 13.9. The number of carbonyl (C=O) groups excluding carboxylic acids is 1. The van der Waals surface area contributed by atoms with Crippen molar-refractivity contribution < 1.29 is 13.2 Å². The van der Waals surface area contributed by atoms with Crippen LogP contribution in [0.4, 0.5) is 17.1 Å². The standard InChI is InChI=1S/C21H20BrN3O3S/c1-25(19-7-3-2-4-8-19)29(27,28)20-9-5-6-18(14-20)23-15-21(26)24-17-12-10-16(22)11-13-17/h2-14,23H,15H2,1H3,(H,24,26). The lowest BCUT2D eigenvalue weighted by Gasteiger charge is -2.20. The van der Waals surface area contributed by atoms with Crippen molar-refractivity contribution in [3.8, 4) is 0 Å². The number of rotatable bonds is 7. The summed E-state index contributed by atoms with van der Waals surface area (Å²) in [6, 6.07) is 22.5. The first kappa shape index (κ1) is 20.9. The van der Waals surface area contributed by atoms with Crippen LogP contribution in [0.25, 0.3) is 0 Å². The molecule has 0 fully saturated rings. The SMILES string of the molecule is CN(c1ccccc1)S(=O)(=O)c1cccc(NCC(=O)Nc2ccc(Br)cc2)c1. The van der Waals surface area contributed by atoms with Crippen LogP contribution < -0.4 is 14.9 Å². The molecule has 0 spiro atoms. The molecule has 0 radical (unpaired) electrons. The predicted octanol–water partition coefficient (Wildman–Crippen LogP) is 4.32. The fourth-order valence-corrected chi connectivity index (χ4v) is 4.13. The number of sulfonamides is 1. The van der Waals surface area contributed by atoms with E-state index in [1.807, 2.05) is 18.2 Å². The van der Waals surface area contributed by atoms with Gasteiger partial charge >= 0.3 is 0 Å². The maximum absolute atomic E-state index is 12.9. The van der Waals surface area contributed by atoms with E-state index in [2.05, 4.69) is 26.6 Å². The zero-order chi connectivity index (χ0) is 20.9. The normalized spacial score (nSPS) is 11.0. The molecule has 3 rings (SSSR count). The van der Waals surface area contributed by atoms with Crippen molar-refractivity contribution in [1.82, 2.24) is 0 Å². The number of hydrogen-bond acceptors (Lipinski definition) is 4. The lowest BCUT2D eigenvalue weighted by atomic mass is 10.3. The second-order valence-electron chi connectivity index (χ2n) is 6.24. The van der Waals surface area contributed by atoms with Gasteiger partial charge in [-0.3, -0.25) is 9.10 Å². The zero-order valence-corrected chi connectivity index (χ0v) is 18.1. The Balaban J connectivity index is 1.67. The van der Waals surface area contributed by atoms with Gasteiger partial charge in [-0.25, -0.2) is 8.42 Å². The van der Waals surface area contributed by atoms with E-state index in [1.54, 1.807) is 48.5 Å². The molecule has 6 nitrogen and oxygen atoms in total. The Morgan fingerprint density at radius 3 is 2.31 bits per heavy atom. The van der Waals surface area contributed by atoms with E-state index in [9.17, 15) is 13.2 Å². The first-order valence-electron chi connectivity index (χ1n) is 8.79. The number of nitrogens with zero attached hydrogens (tertiary/aromatic N) is 1. The molecule has 150 valence electrons. The Labute approximate surface area is 178 Å². The van der Waals surface area contributed by atoms with Gasteiger partial charge in [0, 0.05) is 22.9 Å². The summed E-state index contributed by atoms with van der Waals surface area (Å²) >= 11 is 3.34. The van der Waals surface area contributed by atoms with Crippen LogP contribution in [0.3, 0.4) is 0 Å². The van der Waals surface area contributed by atoms with E-state index >= 15 is 0 Å². The van der Waals surface area contributed by atoms with E-state index in [-0.39, 0.29) is 17.3 Å². The van der Waals surface area contributed by atoms with Gasteiger partial charge in [-0.15, -0.1) is 0 Å². The maximum Gasteiger partial charge on any atom is 0.264 e. The molecule has 0 aliphatic rings. The molecule has 2 N–H and O–H groups in total. The van der Waals surface area contributed by atoms with Gasteiger partial charge in [-0.05, 0) is 54.6 Å². The van der Waals surface area contributed by atoms with Gasteiger partial charge in [0.05, 0.1) is 17.1 Å². The Kier molecular flexibility index (Phi) is 6.56. The average molecular weight is 474 g/mol. The molecule has 0 heterocycles. The van der Waals surface area contributed by atoms with Crippen LogP contribution in [0.15, 0.2) is 88.2 Å². The smallest absolute Gasteiger partial charge is 0.264 e. The molecular formula is C21H20BrN3O3S. The highest BCUT2D eigenvalue weighted by Crippen LogP contribution is 2.23. The second-order valence-corrected chi connectivity index (χ2v) is 9.13. The van der Waals surface area contributed by atoms with Crippen molar-refractivity contribution in [2.24, 2.45) is 0 Å². The number of amides is 1. The highest BCUT2D eigenvalue weighted by Gasteiger charge is 2.21. The van der Waals surface area contributed by atoms with Crippen molar-refractivity contribution in [3.05, 3.63) is 83.3 Å². The molecule has 0 saturated carbocycles. The Morgan fingerprint density at radius 2 is 1.62 bits per heavy atom. The monoisotopic (exact) mass is 473 g/mol. The molecule has 0 atom stereocenters. The fraction of sp³-hybridized carbons (Fsp3) is 0.0952. The third-order valence-corrected chi connectivity index (χ3v) is 6.50. The Hall–Kier alpha value is -2.84. The third-order valence-electron chi connectivity index (χ3n) is 4.19. The Bertz CT molecular complexity index is 1090. The third kappa shape index (κ3) is 5.36. The minimum Gasteiger partial charge on any atom is -0.376 e. The van der Waals surface area contributed by atoms with Gasteiger partial charge in [0.25, 0.3) is 10.0 Å². The lowest BCUT2D eigenvalue weighted by molar-refractivity contribution is -0.114. The molecule has 0 bridgehead atoms. The van der Waals surface area contributed by atoms with Gasteiger partial charge in [-0.1, -0.05) is 40.2 Å². The highest BCUT2D eigenvalue weighted by atomic mass is 79.9. The number of para-hydroxylation sites is 1. The number of halogens is 1. The summed E-state index contributed by atoms with van der Waals surface area (Å²) in [6.45, 7) is 0.00803. The van der Waals surface area contributed by atoms with Gasteiger partial charge in [0.2, 0.25) is 5.91 Å². The number of anilines is 3. The summed E-state index contributed by atoms with van der Waals surface area (Å²) < 4.78 is 28.0. The van der Waals surface area contributed by atoms with Crippen molar-refractivity contribution in [2.45, 2.75) is 4.90 Å². The number of hydrogen-bond donors (Lipinski definition) is 2. The highest BCUT2D eigenvalue weighted by molar-refractivity contribution is 9.10. The van der Waals surface area contributed by atoms with Crippen LogP contribution in [0.1, 0.15) is 0 Å². The number of benzene rings is 3. The van der Waals surface area contributed by atoms with Gasteiger partial charge < -0.3 is 10.6 Å². The topological polar surface area (TPSA) is 78.5 Å². The van der Waals surface area contributed by atoms with E-state index in [0.717, 1.165) is 4.47 Å². The molecule has 0 saturated heterocycles. The zero-order valence-electron chi connectivity index (χ0n) is 15.7.